The van der Waals surface area contributed by atoms with Crippen LogP contribution in [0.4, 0.5) is 0 Å². The van der Waals surface area contributed by atoms with E-state index in [1.165, 1.54) is 0 Å². The van der Waals surface area contributed by atoms with Gasteiger partial charge in [0.25, 0.3) is 0 Å². The molecule has 1 fully saturated rings. The van der Waals surface area contributed by atoms with Crippen LogP contribution in [0, 0.1) is 5.92 Å². The maximum Gasteiger partial charge on any atom is 0.240 e. The first-order chi connectivity index (χ1) is 11.7. The van der Waals surface area contributed by atoms with Gasteiger partial charge in [-0.3, -0.25) is 4.79 Å². The summed E-state index contributed by atoms with van der Waals surface area (Å²) in [6, 6.07) is 14.2. The number of para-hydroxylation sites is 1. The second kappa shape index (κ2) is 6.42. The molecule has 1 aromatic carbocycles. The van der Waals surface area contributed by atoms with E-state index in [1.54, 1.807) is 11.3 Å². The lowest BCUT2D eigenvalue weighted by molar-refractivity contribution is -0.123. The van der Waals surface area contributed by atoms with Crippen LogP contribution in [0.5, 0.6) is 0 Å². The van der Waals surface area contributed by atoms with Gasteiger partial charge in [0, 0.05) is 16.6 Å². The van der Waals surface area contributed by atoms with Crippen molar-refractivity contribution in [1.29, 1.82) is 0 Å². The molecular weight excluding hydrogens is 320 g/mol. The predicted octanol–water partition coefficient (Wildman–Crippen LogP) is 3.33. The number of carbonyl (C=O) groups excluding carboxylic acids is 1. The van der Waals surface area contributed by atoms with Crippen molar-refractivity contribution < 1.29 is 9.90 Å². The Morgan fingerprint density at radius 1 is 1.25 bits per heavy atom. The first kappa shape index (κ1) is 15.4. The Labute approximate surface area is 144 Å². The predicted molar refractivity (Wildman–Crippen MR) is 95.9 cm³/mol. The molecule has 0 saturated heterocycles. The van der Waals surface area contributed by atoms with Gasteiger partial charge in [0.2, 0.25) is 5.91 Å². The van der Waals surface area contributed by atoms with Crippen LogP contribution in [0.1, 0.15) is 23.8 Å². The van der Waals surface area contributed by atoms with E-state index in [0.717, 1.165) is 28.6 Å². The average Bonchev–Trinajstić information content (AvgIpc) is 3.20. The average molecular weight is 340 g/mol. The largest absolute Gasteiger partial charge is 0.393 e. The van der Waals surface area contributed by atoms with Crippen LogP contribution in [0.3, 0.4) is 0 Å². The number of amides is 1. The number of benzene rings is 1. The van der Waals surface area contributed by atoms with Crippen molar-refractivity contribution in [3.63, 3.8) is 0 Å². The number of fused-ring (bicyclic) bond motifs is 1. The van der Waals surface area contributed by atoms with Gasteiger partial charge >= 0.3 is 0 Å². The molecule has 2 heterocycles. The van der Waals surface area contributed by atoms with Gasteiger partial charge in [0.15, 0.2) is 0 Å². The Morgan fingerprint density at radius 3 is 2.83 bits per heavy atom. The fraction of sp³-hybridized carbons (Fsp3) is 0.316. The van der Waals surface area contributed by atoms with Crippen LogP contribution in [-0.4, -0.2) is 21.7 Å². The molecule has 4 nitrogen and oxygen atoms in total. The highest BCUT2D eigenvalue weighted by atomic mass is 32.1. The van der Waals surface area contributed by atoms with Gasteiger partial charge in [0.05, 0.1) is 12.1 Å². The number of rotatable bonds is 5. The van der Waals surface area contributed by atoms with Crippen molar-refractivity contribution in [2.45, 2.75) is 31.5 Å². The standard InChI is InChI=1S/C19H20N2O2S/c22-15-10-14(11-15)19(17-6-3-9-24-17)20-18(23)12-21-8-7-13-4-1-2-5-16(13)21/h1-9,14-15,19,22H,10-12H2,(H,20,23)/t14?,15?,19-/m0/s1. The molecular formula is C19H20N2O2S. The van der Waals surface area contributed by atoms with E-state index in [2.05, 4.69) is 11.4 Å². The molecule has 4 rings (SSSR count). The van der Waals surface area contributed by atoms with Crippen LogP contribution < -0.4 is 5.32 Å². The molecule has 2 aromatic heterocycles. The van der Waals surface area contributed by atoms with Crippen LogP contribution in [0.15, 0.2) is 54.0 Å². The van der Waals surface area contributed by atoms with E-state index in [9.17, 15) is 9.90 Å². The van der Waals surface area contributed by atoms with Crippen molar-refractivity contribution >= 4 is 28.1 Å². The molecule has 1 aliphatic rings. The second-order valence-electron chi connectivity index (χ2n) is 6.45. The van der Waals surface area contributed by atoms with Gasteiger partial charge in [-0.1, -0.05) is 24.3 Å². The van der Waals surface area contributed by atoms with Crippen molar-refractivity contribution in [3.8, 4) is 0 Å². The molecule has 1 saturated carbocycles. The molecule has 1 amide bonds. The molecule has 0 unspecified atom stereocenters. The van der Waals surface area contributed by atoms with Gasteiger partial charge in [-0.2, -0.15) is 0 Å². The zero-order chi connectivity index (χ0) is 16.5. The molecule has 0 spiro atoms. The SMILES string of the molecule is O=C(Cn1ccc2ccccc21)N[C@H](c1cccs1)C1CC(O)C1. The highest BCUT2D eigenvalue weighted by Gasteiger charge is 2.36. The van der Waals surface area contributed by atoms with E-state index in [0.29, 0.717) is 12.5 Å². The van der Waals surface area contributed by atoms with Gasteiger partial charge in [-0.05, 0) is 47.7 Å². The minimum atomic E-state index is -0.220. The third-order valence-electron chi connectivity index (χ3n) is 4.78. The Bertz CT molecular complexity index is 834. The lowest BCUT2D eigenvalue weighted by atomic mass is 9.77. The van der Waals surface area contributed by atoms with Crippen LogP contribution in [0.25, 0.3) is 10.9 Å². The van der Waals surface area contributed by atoms with Gasteiger partial charge in [-0.15, -0.1) is 11.3 Å². The smallest absolute Gasteiger partial charge is 0.240 e. The first-order valence-electron chi connectivity index (χ1n) is 8.25. The summed E-state index contributed by atoms with van der Waals surface area (Å²) in [4.78, 5) is 13.8. The number of hydrogen-bond donors (Lipinski definition) is 2. The third-order valence-corrected chi connectivity index (χ3v) is 5.74. The maximum absolute atomic E-state index is 12.6. The molecule has 0 bridgehead atoms. The fourth-order valence-electron chi connectivity index (χ4n) is 3.44. The summed E-state index contributed by atoms with van der Waals surface area (Å²) in [6.45, 7) is 0.310. The van der Waals surface area contributed by atoms with Gasteiger partial charge in [0.1, 0.15) is 6.54 Å². The third kappa shape index (κ3) is 2.97. The van der Waals surface area contributed by atoms with Crippen molar-refractivity contribution in [2.24, 2.45) is 5.92 Å². The normalized spacial score (nSPS) is 21.4. The quantitative estimate of drug-likeness (QED) is 0.748. The fourth-order valence-corrected chi connectivity index (χ4v) is 4.31. The van der Waals surface area contributed by atoms with Crippen molar-refractivity contribution in [2.75, 3.05) is 0 Å². The van der Waals surface area contributed by atoms with E-state index >= 15 is 0 Å². The summed E-state index contributed by atoms with van der Waals surface area (Å²) >= 11 is 1.66. The lowest BCUT2D eigenvalue weighted by Crippen LogP contribution is -2.42. The zero-order valence-electron chi connectivity index (χ0n) is 13.3. The molecule has 0 aliphatic heterocycles. The van der Waals surface area contributed by atoms with Crippen LogP contribution in [0.2, 0.25) is 0 Å². The van der Waals surface area contributed by atoms with Crippen LogP contribution >= 0.6 is 11.3 Å². The minimum Gasteiger partial charge on any atom is -0.393 e. The van der Waals surface area contributed by atoms with E-state index in [4.69, 9.17) is 0 Å². The van der Waals surface area contributed by atoms with E-state index in [-0.39, 0.29) is 18.1 Å². The lowest BCUT2D eigenvalue weighted by Gasteiger charge is -2.37. The molecule has 1 aliphatic carbocycles. The zero-order valence-corrected chi connectivity index (χ0v) is 14.1. The number of nitrogens with one attached hydrogen (secondary N) is 1. The van der Waals surface area contributed by atoms with Crippen molar-refractivity contribution in [3.05, 3.63) is 58.9 Å². The highest BCUT2D eigenvalue weighted by molar-refractivity contribution is 7.10. The summed E-state index contributed by atoms with van der Waals surface area (Å²) in [5.74, 6) is 0.333. The number of aliphatic hydroxyl groups is 1. The molecule has 1 atom stereocenters. The van der Waals surface area contributed by atoms with E-state index in [1.807, 2.05) is 52.5 Å². The molecule has 2 N–H and O–H groups in total. The summed E-state index contributed by atoms with van der Waals surface area (Å²) < 4.78 is 1.98. The Kier molecular flexibility index (Phi) is 4.12. The molecule has 124 valence electrons. The number of aliphatic hydroxyl groups excluding tert-OH is 1. The molecule has 0 radical (unpaired) electrons. The summed E-state index contributed by atoms with van der Waals surface area (Å²) in [5.41, 5.74) is 1.07. The summed E-state index contributed by atoms with van der Waals surface area (Å²) in [6.07, 6.45) is 3.25. The van der Waals surface area contributed by atoms with Crippen LogP contribution in [-0.2, 0) is 11.3 Å². The highest BCUT2D eigenvalue weighted by Crippen LogP contribution is 2.39. The summed E-state index contributed by atoms with van der Waals surface area (Å²) in [5, 5.41) is 16.0. The molecule has 5 heteroatoms. The monoisotopic (exact) mass is 340 g/mol. The number of aromatic nitrogens is 1. The maximum atomic E-state index is 12.6. The molecule has 24 heavy (non-hydrogen) atoms. The minimum absolute atomic E-state index is 0.00252. The Hall–Kier alpha value is -2.11. The summed E-state index contributed by atoms with van der Waals surface area (Å²) in [7, 11) is 0. The number of hydrogen-bond acceptors (Lipinski definition) is 3. The number of thiophene rings is 1. The second-order valence-corrected chi connectivity index (χ2v) is 7.43. The van der Waals surface area contributed by atoms with Gasteiger partial charge in [-0.25, -0.2) is 0 Å². The molecule has 3 aromatic rings. The Balaban J connectivity index is 1.49. The number of carbonyl (C=O) groups is 1. The van der Waals surface area contributed by atoms with E-state index < -0.39 is 0 Å². The van der Waals surface area contributed by atoms with Crippen molar-refractivity contribution in [1.82, 2.24) is 9.88 Å². The Morgan fingerprint density at radius 2 is 2.08 bits per heavy atom. The topological polar surface area (TPSA) is 54.3 Å². The van der Waals surface area contributed by atoms with Gasteiger partial charge < -0.3 is 15.0 Å². The first-order valence-corrected chi connectivity index (χ1v) is 9.13. The number of nitrogens with zero attached hydrogens (tertiary/aromatic N) is 1.